The Kier molecular flexibility index (Phi) is 4.35. The van der Waals surface area contributed by atoms with Gasteiger partial charge in [-0.25, -0.2) is 14.3 Å². The number of hydrogen-bond donors (Lipinski definition) is 1. The topological polar surface area (TPSA) is 93.5 Å². The van der Waals surface area contributed by atoms with Crippen LogP contribution in [0.2, 0.25) is 0 Å². The quantitative estimate of drug-likeness (QED) is 0.427. The lowest BCUT2D eigenvalue weighted by molar-refractivity contribution is 0.466. The second-order valence-electron chi connectivity index (χ2n) is 6.36. The van der Waals surface area contributed by atoms with Crippen LogP contribution in [0.15, 0.2) is 38.6 Å². The lowest BCUT2D eigenvalue weighted by Crippen LogP contribution is -2.00. The minimum atomic E-state index is -0.446. The van der Waals surface area contributed by atoms with Crippen molar-refractivity contribution in [2.75, 3.05) is 0 Å². The number of nitrogens with zero attached hydrogens (tertiary/aromatic N) is 4. The fourth-order valence-corrected chi connectivity index (χ4v) is 3.87. The van der Waals surface area contributed by atoms with Crippen molar-refractivity contribution in [3.05, 3.63) is 57.2 Å². The molecule has 4 rings (SSSR count). The number of fused-ring (bicyclic) bond motifs is 2. The van der Waals surface area contributed by atoms with Crippen LogP contribution >= 0.6 is 11.8 Å². The first-order valence-electron chi connectivity index (χ1n) is 8.57. The van der Waals surface area contributed by atoms with Crippen LogP contribution < -0.4 is 5.63 Å². The Morgan fingerprint density at radius 3 is 2.74 bits per heavy atom. The molecule has 1 N–H and O–H groups in total. The van der Waals surface area contributed by atoms with Crippen molar-refractivity contribution in [1.82, 2.24) is 19.6 Å². The molecule has 7 nitrogen and oxygen atoms in total. The molecule has 1 aromatic carbocycles. The molecule has 3 aromatic heterocycles. The third-order valence-electron chi connectivity index (χ3n) is 4.37. The third-order valence-corrected chi connectivity index (χ3v) is 5.25. The number of benzene rings is 1. The van der Waals surface area contributed by atoms with E-state index in [1.807, 2.05) is 32.9 Å². The van der Waals surface area contributed by atoms with Gasteiger partial charge in [0.15, 0.2) is 0 Å². The molecule has 0 bridgehead atoms. The summed E-state index contributed by atoms with van der Waals surface area (Å²) in [5.41, 5.74) is 3.42. The summed E-state index contributed by atoms with van der Waals surface area (Å²) in [4.78, 5) is 20.8. The first kappa shape index (κ1) is 17.5. The summed E-state index contributed by atoms with van der Waals surface area (Å²) in [5.74, 6) is 1.20. The number of hydrogen-bond acceptors (Lipinski definition) is 7. The Hall–Kier alpha value is -2.87. The highest BCUT2D eigenvalue weighted by Gasteiger charge is 2.13. The van der Waals surface area contributed by atoms with Crippen LogP contribution in [0, 0.1) is 13.8 Å². The molecule has 0 saturated heterocycles. The van der Waals surface area contributed by atoms with Gasteiger partial charge in [0.2, 0.25) is 5.16 Å². The molecule has 0 atom stereocenters. The van der Waals surface area contributed by atoms with Gasteiger partial charge < -0.3 is 9.52 Å². The Labute approximate surface area is 159 Å². The van der Waals surface area contributed by atoms with Crippen molar-refractivity contribution in [1.29, 1.82) is 0 Å². The maximum Gasteiger partial charge on any atom is 0.336 e. The minimum Gasteiger partial charge on any atom is -0.508 e. The Morgan fingerprint density at radius 1 is 1.15 bits per heavy atom. The second kappa shape index (κ2) is 6.70. The Morgan fingerprint density at radius 2 is 1.96 bits per heavy atom. The summed E-state index contributed by atoms with van der Waals surface area (Å²) in [6.45, 7) is 5.84. The van der Waals surface area contributed by atoms with Gasteiger partial charge in [-0.15, -0.1) is 5.10 Å². The molecular formula is C19H18N4O3S. The molecular weight excluding hydrogens is 364 g/mol. The van der Waals surface area contributed by atoms with Crippen LogP contribution in [0.3, 0.4) is 0 Å². The Bertz CT molecular complexity index is 1230. The highest BCUT2D eigenvalue weighted by Crippen LogP contribution is 2.30. The second-order valence-corrected chi connectivity index (χ2v) is 7.30. The zero-order chi connectivity index (χ0) is 19.1. The van der Waals surface area contributed by atoms with E-state index in [1.54, 1.807) is 4.52 Å². The van der Waals surface area contributed by atoms with Crippen molar-refractivity contribution in [3.63, 3.8) is 0 Å². The predicted octanol–water partition coefficient (Wildman–Crippen LogP) is 3.41. The molecule has 4 aromatic rings. The fraction of sp³-hybridized carbons (Fsp3) is 0.263. The van der Waals surface area contributed by atoms with Crippen LogP contribution in [0.1, 0.15) is 29.4 Å². The van der Waals surface area contributed by atoms with E-state index in [9.17, 15) is 9.90 Å². The molecule has 8 heteroatoms. The van der Waals surface area contributed by atoms with Crippen molar-refractivity contribution in [2.45, 2.75) is 38.1 Å². The van der Waals surface area contributed by atoms with Gasteiger partial charge in [0.1, 0.15) is 11.3 Å². The lowest BCUT2D eigenvalue weighted by Gasteiger charge is -2.07. The van der Waals surface area contributed by atoms with Gasteiger partial charge in [-0.3, -0.25) is 0 Å². The average Bonchev–Trinajstić information content (AvgIpc) is 3.02. The molecule has 0 aliphatic heterocycles. The number of aryl methyl sites for hydroxylation is 3. The monoisotopic (exact) mass is 382 g/mol. The maximum atomic E-state index is 11.9. The molecule has 0 fully saturated rings. The molecule has 138 valence electrons. The average molecular weight is 382 g/mol. The number of aromatic nitrogens is 4. The van der Waals surface area contributed by atoms with Gasteiger partial charge in [0, 0.05) is 34.7 Å². The van der Waals surface area contributed by atoms with E-state index >= 15 is 0 Å². The third kappa shape index (κ3) is 3.28. The van der Waals surface area contributed by atoms with Crippen LogP contribution in [0.5, 0.6) is 5.75 Å². The molecule has 0 radical (unpaired) electrons. The van der Waals surface area contributed by atoms with E-state index in [4.69, 9.17) is 4.42 Å². The van der Waals surface area contributed by atoms with Gasteiger partial charge >= 0.3 is 5.63 Å². The van der Waals surface area contributed by atoms with Gasteiger partial charge in [-0.1, -0.05) is 18.7 Å². The Balaban J connectivity index is 1.71. The number of thioether (sulfide) groups is 1. The summed E-state index contributed by atoms with van der Waals surface area (Å²) in [6.07, 6.45) is 0.686. The van der Waals surface area contributed by atoms with Crippen LogP contribution in [0.4, 0.5) is 0 Å². The van der Waals surface area contributed by atoms with Crippen molar-refractivity contribution >= 4 is 28.5 Å². The number of phenols is 1. The molecule has 0 saturated carbocycles. The largest absolute Gasteiger partial charge is 0.508 e. The van der Waals surface area contributed by atoms with E-state index in [-0.39, 0.29) is 5.75 Å². The minimum absolute atomic E-state index is 0.136. The summed E-state index contributed by atoms with van der Waals surface area (Å²) in [5, 5.41) is 15.9. The summed E-state index contributed by atoms with van der Waals surface area (Å²) >= 11 is 1.43. The molecule has 0 aliphatic carbocycles. The summed E-state index contributed by atoms with van der Waals surface area (Å²) in [6, 6.07) is 6.80. The molecule has 27 heavy (non-hydrogen) atoms. The van der Waals surface area contributed by atoms with Crippen LogP contribution in [-0.2, 0) is 12.2 Å². The van der Waals surface area contributed by atoms with Gasteiger partial charge in [-0.2, -0.15) is 4.98 Å². The van der Waals surface area contributed by atoms with E-state index in [2.05, 4.69) is 15.1 Å². The zero-order valence-corrected chi connectivity index (χ0v) is 16.0. The standard InChI is InChI=1S/C19H18N4O3S/c1-4-12-6-14-13(7-17(25)26-16(14)8-15(12)24)9-27-19-21-18-20-10(2)5-11(3)23(18)22-19/h5-8,24H,4,9H2,1-3H3. The highest BCUT2D eigenvalue weighted by molar-refractivity contribution is 7.98. The maximum absolute atomic E-state index is 11.9. The normalized spacial score (nSPS) is 11.5. The van der Waals surface area contributed by atoms with E-state index in [0.717, 1.165) is 27.9 Å². The molecule has 0 spiro atoms. The predicted molar refractivity (Wildman–Crippen MR) is 103 cm³/mol. The van der Waals surface area contributed by atoms with Gasteiger partial charge in [-0.05, 0) is 43.5 Å². The first-order chi connectivity index (χ1) is 12.9. The number of phenolic OH excluding ortho intramolecular Hbond substituents is 1. The van der Waals surface area contributed by atoms with Crippen molar-refractivity contribution < 1.29 is 9.52 Å². The van der Waals surface area contributed by atoms with Crippen molar-refractivity contribution in [3.8, 4) is 5.75 Å². The van der Waals surface area contributed by atoms with E-state index in [1.165, 1.54) is 23.9 Å². The van der Waals surface area contributed by atoms with Crippen LogP contribution in [0.25, 0.3) is 16.7 Å². The zero-order valence-electron chi connectivity index (χ0n) is 15.2. The SMILES string of the molecule is CCc1cc2c(CSc3nc4nc(C)cc(C)n4n3)cc(=O)oc2cc1O. The first-order valence-corrected chi connectivity index (χ1v) is 9.55. The number of rotatable bonds is 4. The fourth-order valence-electron chi connectivity index (χ4n) is 3.06. The molecule has 0 amide bonds. The van der Waals surface area contributed by atoms with Gasteiger partial charge in [0.05, 0.1) is 0 Å². The highest BCUT2D eigenvalue weighted by atomic mass is 32.2. The molecule has 0 unspecified atom stereocenters. The van der Waals surface area contributed by atoms with Crippen molar-refractivity contribution in [2.24, 2.45) is 0 Å². The lowest BCUT2D eigenvalue weighted by atomic mass is 10.1. The van der Waals surface area contributed by atoms with E-state index in [0.29, 0.717) is 28.7 Å². The summed E-state index contributed by atoms with van der Waals surface area (Å²) < 4.78 is 6.95. The van der Waals surface area contributed by atoms with Gasteiger partial charge in [0.25, 0.3) is 5.78 Å². The summed E-state index contributed by atoms with van der Waals surface area (Å²) in [7, 11) is 0. The molecule has 0 aliphatic rings. The smallest absolute Gasteiger partial charge is 0.336 e. The number of aromatic hydroxyl groups is 1. The molecule has 3 heterocycles. The van der Waals surface area contributed by atoms with E-state index < -0.39 is 5.63 Å². The van der Waals surface area contributed by atoms with Crippen LogP contribution in [-0.4, -0.2) is 24.7 Å².